The van der Waals surface area contributed by atoms with E-state index in [0.29, 0.717) is 18.5 Å². The molecule has 0 heterocycles. The van der Waals surface area contributed by atoms with E-state index in [9.17, 15) is 5.11 Å². The third kappa shape index (κ3) is 3.65. The number of nitrogens with two attached hydrogens (primary N) is 1. The van der Waals surface area contributed by atoms with Crippen LogP contribution in [0.2, 0.25) is 0 Å². The second kappa shape index (κ2) is 4.77. The molecule has 0 aromatic heterocycles. The molecule has 0 aliphatic carbocycles. The normalized spacial score (nSPS) is 15.1. The molecule has 1 aromatic rings. The van der Waals surface area contributed by atoms with Crippen LogP contribution in [0, 0.1) is 0 Å². The van der Waals surface area contributed by atoms with Gasteiger partial charge < -0.3 is 15.9 Å². The molecule has 0 saturated carbocycles. The highest BCUT2D eigenvalue weighted by Crippen LogP contribution is 2.24. The second-order valence-electron chi connectivity index (χ2n) is 3.31. The van der Waals surface area contributed by atoms with Gasteiger partial charge in [-0.05, 0) is 17.7 Å². The molecule has 0 fully saturated rings. The molecular weight excluding hydrogens is 246 g/mol. The number of hydrogen-bond donors (Lipinski definition) is 3. The highest BCUT2D eigenvalue weighted by atomic mass is 79.9. The first kappa shape index (κ1) is 11.5. The predicted molar refractivity (Wildman–Crippen MR) is 60.1 cm³/mol. The van der Waals surface area contributed by atoms with Crippen molar-refractivity contribution in [1.82, 2.24) is 0 Å². The lowest BCUT2D eigenvalue weighted by Crippen LogP contribution is -2.24. The molecule has 14 heavy (non-hydrogen) atoms. The van der Waals surface area contributed by atoms with Crippen molar-refractivity contribution in [3.63, 3.8) is 0 Å². The van der Waals surface area contributed by atoms with Crippen LogP contribution in [0.15, 0.2) is 24.3 Å². The van der Waals surface area contributed by atoms with E-state index in [1.54, 1.807) is 12.1 Å². The molecule has 78 valence electrons. The Balaban J connectivity index is 2.64. The van der Waals surface area contributed by atoms with Crippen LogP contribution >= 0.6 is 15.9 Å². The summed E-state index contributed by atoms with van der Waals surface area (Å²) in [5.41, 5.74) is 7.22. The van der Waals surface area contributed by atoms with Crippen LogP contribution in [-0.2, 0) is 6.42 Å². The summed E-state index contributed by atoms with van der Waals surface area (Å²) >= 11 is 3.16. The molecule has 1 aromatic carbocycles. The van der Waals surface area contributed by atoms with Crippen LogP contribution in [0.1, 0.15) is 12.0 Å². The number of aliphatic hydroxyl groups excluding tert-OH is 1. The van der Waals surface area contributed by atoms with Gasteiger partial charge in [0.05, 0.1) is 0 Å². The largest absolute Gasteiger partial charge is 0.399 e. The van der Waals surface area contributed by atoms with E-state index < -0.39 is 4.51 Å². The molecule has 4 heteroatoms. The van der Waals surface area contributed by atoms with Crippen LogP contribution in [0.5, 0.6) is 0 Å². The highest BCUT2D eigenvalue weighted by Gasteiger charge is 2.22. The van der Waals surface area contributed by atoms with E-state index >= 15 is 0 Å². The van der Waals surface area contributed by atoms with Crippen LogP contribution in [0.3, 0.4) is 0 Å². The topological polar surface area (TPSA) is 66.5 Å². The smallest absolute Gasteiger partial charge is 0.125 e. The summed E-state index contributed by atoms with van der Waals surface area (Å²) in [6, 6.07) is 7.30. The molecule has 0 aliphatic heterocycles. The number of nitrogen functional groups attached to an aromatic ring is 1. The Morgan fingerprint density at radius 1 is 1.29 bits per heavy atom. The van der Waals surface area contributed by atoms with E-state index in [1.165, 1.54) is 0 Å². The van der Waals surface area contributed by atoms with Crippen molar-refractivity contribution in [2.45, 2.75) is 17.4 Å². The Hall–Kier alpha value is -0.580. The molecule has 0 radical (unpaired) electrons. The lowest BCUT2D eigenvalue weighted by atomic mass is 10.1. The maximum atomic E-state index is 9.76. The molecule has 1 rings (SSSR count). The molecule has 4 N–H and O–H groups in total. The summed E-state index contributed by atoms with van der Waals surface area (Å²) in [5.74, 6) is 0. The van der Waals surface area contributed by atoms with Crippen LogP contribution in [-0.4, -0.2) is 21.3 Å². The maximum Gasteiger partial charge on any atom is 0.125 e. The van der Waals surface area contributed by atoms with Gasteiger partial charge in [-0.3, -0.25) is 0 Å². The zero-order valence-electron chi connectivity index (χ0n) is 7.78. The van der Waals surface area contributed by atoms with Crippen molar-refractivity contribution in [2.24, 2.45) is 0 Å². The maximum absolute atomic E-state index is 9.76. The Morgan fingerprint density at radius 3 is 2.36 bits per heavy atom. The average molecular weight is 260 g/mol. The van der Waals surface area contributed by atoms with E-state index in [4.69, 9.17) is 10.8 Å². The van der Waals surface area contributed by atoms with Crippen molar-refractivity contribution >= 4 is 21.6 Å². The fraction of sp³-hybridized carbons (Fsp3) is 0.400. The Bertz CT molecular complexity index is 285. The minimum absolute atomic E-state index is 0.0449. The summed E-state index contributed by atoms with van der Waals surface area (Å²) in [4.78, 5) is 0. The van der Waals surface area contributed by atoms with E-state index in [2.05, 4.69) is 15.9 Å². The fourth-order valence-electron chi connectivity index (χ4n) is 1.21. The van der Waals surface area contributed by atoms with Crippen LogP contribution in [0.4, 0.5) is 5.69 Å². The first-order chi connectivity index (χ1) is 6.53. The fourth-order valence-corrected chi connectivity index (χ4v) is 1.71. The Labute approximate surface area is 91.7 Å². The lowest BCUT2D eigenvalue weighted by molar-refractivity contribution is 0.108. The van der Waals surface area contributed by atoms with Gasteiger partial charge in [-0.2, -0.15) is 0 Å². The Kier molecular flexibility index (Phi) is 3.92. The number of rotatable bonds is 4. The third-order valence-corrected chi connectivity index (χ3v) is 2.63. The summed E-state index contributed by atoms with van der Waals surface area (Å²) in [6.45, 7) is -0.0449. The molecule has 0 spiro atoms. The number of benzene rings is 1. The lowest BCUT2D eigenvalue weighted by Gasteiger charge is -2.19. The SMILES string of the molecule is Nc1ccc(CC(O)(Br)CCO)cc1. The monoisotopic (exact) mass is 259 g/mol. The van der Waals surface area contributed by atoms with Gasteiger partial charge in [-0.1, -0.05) is 28.1 Å². The first-order valence-corrected chi connectivity index (χ1v) is 5.19. The molecule has 0 saturated heterocycles. The van der Waals surface area contributed by atoms with Gasteiger partial charge in [-0.25, -0.2) is 0 Å². The van der Waals surface area contributed by atoms with Gasteiger partial charge in [0.25, 0.3) is 0 Å². The van der Waals surface area contributed by atoms with Crippen molar-refractivity contribution in [2.75, 3.05) is 12.3 Å². The molecule has 3 nitrogen and oxygen atoms in total. The van der Waals surface area contributed by atoms with Crippen molar-refractivity contribution < 1.29 is 10.2 Å². The first-order valence-electron chi connectivity index (χ1n) is 4.40. The quantitative estimate of drug-likeness (QED) is 0.564. The molecule has 1 unspecified atom stereocenters. The minimum Gasteiger partial charge on any atom is -0.399 e. The number of hydrogen-bond acceptors (Lipinski definition) is 3. The number of aliphatic hydroxyl groups is 2. The summed E-state index contributed by atoms with van der Waals surface area (Å²) in [6.07, 6.45) is 0.755. The van der Waals surface area contributed by atoms with E-state index in [1.807, 2.05) is 12.1 Å². The Morgan fingerprint density at radius 2 is 1.86 bits per heavy atom. The highest BCUT2D eigenvalue weighted by molar-refractivity contribution is 9.10. The molecule has 1 atom stereocenters. The van der Waals surface area contributed by atoms with E-state index in [-0.39, 0.29) is 6.61 Å². The molecule has 0 aliphatic rings. The number of alkyl halides is 1. The van der Waals surface area contributed by atoms with Gasteiger partial charge in [-0.15, -0.1) is 0 Å². The summed E-state index contributed by atoms with van der Waals surface area (Å²) < 4.78 is -1.03. The molecule has 0 amide bonds. The third-order valence-electron chi connectivity index (χ3n) is 1.95. The predicted octanol–water partition coefficient (Wildman–Crippen LogP) is 1.28. The minimum atomic E-state index is -1.03. The zero-order valence-corrected chi connectivity index (χ0v) is 9.37. The van der Waals surface area contributed by atoms with Gasteiger partial charge >= 0.3 is 0 Å². The molecule has 0 bridgehead atoms. The van der Waals surface area contributed by atoms with Crippen molar-refractivity contribution in [3.8, 4) is 0 Å². The van der Waals surface area contributed by atoms with Crippen LogP contribution < -0.4 is 5.73 Å². The van der Waals surface area contributed by atoms with Crippen molar-refractivity contribution in [3.05, 3.63) is 29.8 Å². The van der Waals surface area contributed by atoms with Crippen molar-refractivity contribution in [1.29, 1.82) is 0 Å². The van der Waals surface area contributed by atoms with Gasteiger partial charge in [0.15, 0.2) is 0 Å². The number of anilines is 1. The zero-order chi connectivity index (χ0) is 10.6. The average Bonchev–Trinajstić information content (AvgIpc) is 2.08. The van der Waals surface area contributed by atoms with Crippen LogP contribution in [0.25, 0.3) is 0 Å². The van der Waals surface area contributed by atoms with E-state index in [0.717, 1.165) is 5.56 Å². The van der Waals surface area contributed by atoms with Gasteiger partial charge in [0.2, 0.25) is 0 Å². The summed E-state index contributed by atoms with van der Waals surface area (Å²) in [7, 11) is 0. The second-order valence-corrected chi connectivity index (χ2v) is 4.79. The summed E-state index contributed by atoms with van der Waals surface area (Å²) in [5, 5.41) is 18.5. The molecular formula is C10H14BrNO2. The number of halogens is 1. The van der Waals surface area contributed by atoms with Gasteiger partial charge in [0, 0.05) is 25.1 Å². The van der Waals surface area contributed by atoms with Gasteiger partial charge in [0.1, 0.15) is 4.51 Å². The standard InChI is InChI=1S/C10H14BrNO2/c11-10(14,5-6-13)7-8-1-3-9(12)4-2-8/h1-4,13-14H,5-7,12H2.